The van der Waals surface area contributed by atoms with Crippen LogP contribution in [0.25, 0.3) is 0 Å². The molecule has 0 saturated carbocycles. The van der Waals surface area contributed by atoms with Crippen LogP contribution in [0.15, 0.2) is 54.6 Å². The van der Waals surface area contributed by atoms with Gasteiger partial charge in [-0.05, 0) is 31.0 Å². The van der Waals surface area contributed by atoms with Crippen molar-refractivity contribution in [3.8, 4) is 0 Å². The molecule has 5 heteroatoms. The highest BCUT2D eigenvalue weighted by Crippen LogP contribution is 2.25. The van der Waals surface area contributed by atoms with E-state index in [9.17, 15) is 4.79 Å². The molecule has 3 rings (SSSR count). The first kappa shape index (κ1) is 18.3. The number of hydrogen-bond acceptors (Lipinski definition) is 3. The monoisotopic (exact) mass is 352 g/mol. The third kappa shape index (κ3) is 4.35. The van der Waals surface area contributed by atoms with Crippen molar-refractivity contribution in [3.05, 3.63) is 60.2 Å². The number of benzene rings is 2. The van der Waals surface area contributed by atoms with Crippen molar-refractivity contribution >= 4 is 17.4 Å². The summed E-state index contributed by atoms with van der Waals surface area (Å²) in [7, 11) is 3.94. The second kappa shape index (κ2) is 8.23. The molecule has 1 heterocycles. The molecule has 0 bridgehead atoms. The third-order valence-corrected chi connectivity index (χ3v) is 5.02. The van der Waals surface area contributed by atoms with E-state index in [1.807, 2.05) is 49.3 Å². The van der Waals surface area contributed by atoms with E-state index < -0.39 is 0 Å². The number of carbonyl (C=O) groups excluding carboxylic acids is 1. The number of likely N-dealkylation sites (tertiary alicyclic amines) is 1. The summed E-state index contributed by atoms with van der Waals surface area (Å²) >= 11 is 0. The summed E-state index contributed by atoms with van der Waals surface area (Å²) in [5.41, 5.74) is 3.13. The molecule has 0 spiro atoms. The van der Waals surface area contributed by atoms with Crippen LogP contribution in [0.5, 0.6) is 0 Å². The van der Waals surface area contributed by atoms with Crippen molar-refractivity contribution in [2.75, 3.05) is 37.4 Å². The van der Waals surface area contributed by atoms with Gasteiger partial charge in [-0.2, -0.15) is 0 Å². The van der Waals surface area contributed by atoms with E-state index in [4.69, 9.17) is 0 Å². The first-order valence-electron chi connectivity index (χ1n) is 9.17. The number of para-hydroxylation sites is 2. The van der Waals surface area contributed by atoms with Gasteiger partial charge >= 0.3 is 6.03 Å². The molecule has 2 atom stereocenters. The van der Waals surface area contributed by atoms with Gasteiger partial charge in [0.15, 0.2) is 0 Å². The summed E-state index contributed by atoms with van der Waals surface area (Å²) in [6.45, 7) is 4.10. The smallest absolute Gasteiger partial charge is 0.319 e. The lowest BCUT2D eigenvalue weighted by atomic mass is 10.1. The van der Waals surface area contributed by atoms with Gasteiger partial charge in [-0.3, -0.25) is 4.90 Å². The molecular weight excluding hydrogens is 324 g/mol. The van der Waals surface area contributed by atoms with Crippen LogP contribution in [0.1, 0.15) is 24.9 Å². The lowest BCUT2D eigenvalue weighted by Gasteiger charge is -2.25. The number of urea groups is 1. The molecule has 2 aromatic rings. The van der Waals surface area contributed by atoms with Gasteiger partial charge < -0.3 is 15.5 Å². The van der Waals surface area contributed by atoms with E-state index in [-0.39, 0.29) is 12.1 Å². The SMILES string of the molecule is C[C@@H](c1ccccc1)N1CC[C@@H](NC(=O)Nc2ccccc2N(C)C)C1. The van der Waals surface area contributed by atoms with Crippen LogP contribution < -0.4 is 15.5 Å². The van der Waals surface area contributed by atoms with Crippen LogP contribution in [-0.2, 0) is 0 Å². The molecule has 1 aliphatic heterocycles. The van der Waals surface area contributed by atoms with Crippen molar-refractivity contribution in [2.45, 2.75) is 25.4 Å². The van der Waals surface area contributed by atoms with Crippen LogP contribution in [0.4, 0.5) is 16.2 Å². The lowest BCUT2D eigenvalue weighted by molar-refractivity contribution is 0.241. The van der Waals surface area contributed by atoms with E-state index >= 15 is 0 Å². The van der Waals surface area contributed by atoms with Gasteiger partial charge in [0, 0.05) is 39.3 Å². The number of rotatable bonds is 5. The largest absolute Gasteiger partial charge is 0.376 e. The molecule has 0 aliphatic carbocycles. The molecule has 26 heavy (non-hydrogen) atoms. The van der Waals surface area contributed by atoms with E-state index in [1.165, 1.54) is 5.56 Å². The summed E-state index contributed by atoms with van der Waals surface area (Å²) < 4.78 is 0. The minimum atomic E-state index is -0.140. The highest BCUT2D eigenvalue weighted by Gasteiger charge is 2.27. The Hall–Kier alpha value is -2.53. The topological polar surface area (TPSA) is 47.6 Å². The fourth-order valence-corrected chi connectivity index (χ4v) is 3.51. The zero-order valence-corrected chi connectivity index (χ0v) is 15.8. The van der Waals surface area contributed by atoms with Crippen LogP contribution >= 0.6 is 0 Å². The van der Waals surface area contributed by atoms with Gasteiger partial charge in [0.25, 0.3) is 0 Å². The molecule has 0 unspecified atom stereocenters. The summed E-state index contributed by atoms with van der Waals surface area (Å²) in [4.78, 5) is 16.8. The maximum Gasteiger partial charge on any atom is 0.319 e. The van der Waals surface area contributed by atoms with Gasteiger partial charge in [0.2, 0.25) is 0 Å². The number of nitrogens with one attached hydrogen (secondary N) is 2. The zero-order valence-electron chi connectivity index (χ0n) is 15.8. The van der Waals surface area contributed by atoms with Gasteiger partial charge in [0.1, 0.15) is 0 Å². The number of nitrogens with zero attached hydrogens (tertiary/aromatic N) is 2. The molecule has 2 N–H and O–H groups in total. The standard InChI is InChI=1S/C21H28N4O/c1-16(17-9-5-4-6-10-17)25-14-13-18(15-25)22-21(26)23-19-11-7-8-12-20(19)24(2)3/h4-12,16,18H,13-15H2,1-3H3,(H2,22,23,26)/t16-,18+/m0/s1. The molecule has 2 amide bonds. The lowest BCUT2D eigenvalue weighted by Crippen LogP contribution is -2.40. The Labute approximate surface area is 156 Å². The average molecular weight is 352 g/mol. The second-order valence-corrected chi connectivity index (χ2v) is 7.08. The minimum Gasteiger partial charge on any atom is -0.376 e. The Bertz CT molecular complexity index is 732. The molecular formula is C21H28N4O. The molecule has 0 aromatic heterocycles. The fraction of sp³-hybridized carbons (Fsp3) is 0.381. The maximum atomic E-state index is 12.4. The summed E-state index contributed by atoms with van der Waals surface area (Å²) in [6.07, 6.45) is 0.972. The zero-order chi connectivity index (χ0) is 18.5. The Morgan fingerprint density at radius 1 is 1.12 bits per heavy atom. The molecule has 5 nitrogen and oxygen atoms in total. The van der Waals surface area contributed by atoms with Crippen molar-refractivity contribution in [3.63, 3.8) is 0 Å². The average Bonchev–Trinajstić information content (AvgIpc) is 3.10. The van der Waals surface area contributed by atoms with Crippen LogP contribution in [0.2, 0.25) is 0 Å². The molecule has 1 aliphatic rings. The molecule has 2 aromatic carbocycles. The normalized spacial score (nSPS) is 18.3. The quantitative estimate of drug-likeness (QED) is 0.862. The highest BCUT2D eigenvalue weighted by molar-refractivity contribution is 5.93. The number of hydrogen-bond donors (Lipinski definition) is 2. The summed E-state index contributed by atoms with van der Waals surface area (Å²) in [6, 6.07) is 18.7. The highest BCUT2D eigenvalue weighted by atomic mass is 16.2. The van der Waals surface area contributed by atoms with Crippen molar-refractivity contribution in [1.82, 2.24) is 10.2 Å². The predicted molar refractivity (Wildman–Crippen MR) is 108 cm³/mol. The predicted octanol–water partition coefficient (Wildman–Crippen LogP) is 3.71. The van der Waals surface area contributed by atoms with Gasteiger partial charge in [-0.1, -0.05) is 42.5 Å². The summed E-state index contributed by atoms with van der Waals surface area (Å²) in [5.74, 6) is 0. The molecule has 0 radical (unpaired) electrons. The number of amides is 2. The number of carbonyl (C=O) groups is 1. The van der Waals surface area contributed by atoms with E-state index in [0.29, 0.717) is 6.04 Å². The van der Waals surface area contributed by atoms with E-state index in [2.05, 4.69) is 46.7 Å². The van der Waals surface area contributed by atoms with E-state index in [1.54, 1.807) is 0 Å². The first-order valence-corrected chi connectivity index (χ1v) is 9.17. The summed E-state index contributed by atoms with van der Waals surface area (Å²) in [5, 5.41) is 6.10. The Balaban J connectivity index is 1.55. The molecule has 1 fully saturated rings. The van der Waals surface area contributed by atoms with Crippen LogP contribution in [0.3, 0.4) is 0 Å². The van der Waals surface area contributed by atoms with Gasteiger partial charge in [0.05, 0.1) is 11.4 Å². The Morgan fingerprint density at radius 2 is 1.81 bits per heavy atom. The second-order valence-electron chi connectivity index (χ2n) is 7.08. The Morgan fingerprint density at radius 3 is 2.54 bits per heavy atom. The fourth-order valence-electron chi connectivity index (χ4n) is 3.51. The van der Waals surface area contributed by atoms with Gasteiger partial charge in [-0.25, -0.2) is 4.79 Å². The van der Waals surface area contributed by atoms with Crippen molar-refractivity contribution < 1.29 is 4.79 Å². The van der Waals surface area contributed by atoms with Crippen LogP contribution in [-0.4, -0.2) is 44.2 Å². The van der Waals surface area contributed by atoms with Crippen LogP contribution in [0, 0.1) is 0 Å². The van der Waals surface area contributed by atoms with Crippen molar-refractivity contribution in [1.29, 1.82) is 0 Å². The maximum absolute atomic E-state index is 12.4. The van der Waals surface area contributed by atoms with E-state index in [0.717, 1.165) is 30.9 Å². The molecule has 138 valence electrons. The molecule has 1 saturated heterocycles. The number of anilines is 2. The van der Waals surface area contributed by atoms with Gasteiger partial charge in [-0.15, -0.1) is 0 Å². The first-order chi connectivity index (χ1) is 12.5. The van der Waals surface area contributed by atoms with Crippen molar-refractivity contribution in [2.24, 2.45) is 0 Å². The third-order valence-electron chi connectivity index (χ3n) is 5.02. The Kier molecular flexibility index (Phi) is 5.78. The minimum absolute atomic E-state index is 0.140.